The van der Waals surface area contributed by atoms with Crippen LogP contribution in [0.4, 0.5) is 0 Å². The minimum absolute atomic E-state index is 0.682. The number of pyridine rings is 1. The minimum atomic E-state index is 0.682. The SMILES string of the molecule is c1ccc(-c2cc(-c3ccc4sc5c6ccccc6nc(-c6ccccc6)c5c4c3)nc(-c3cccc(-n4c5ccccc5c5ccccc54)c3)n2)cc1. The van der Waals surface area contributed by atoms with Gasteiger partial charge < -0.3 is 4.57 Å². The Labute approximate surface area is 315 Å². The van der Waals surface area contributed by atoms with E-state index < -0.39 is 0 Å². The lowest BCUT2D eigenvalue weighted by atomic mass is 10.0. The molecule has 11 aromatic rings. The summed E-state index contributed by atoms with van der Waals surface area (Å²) in [5.41, 5.74) is 11.3. The van der Waals surface area contributed by atoms with E-state index in [1.165, 1.54) is 47.4 Å². The van der Waals surface area contributed by atoms with Crippen LogP contribution in [0.1, 0.15) is 0 Å². The normalized spacial score (nSPS) is 11.7. The van der Waals surface area contributed by atoms with Gasteiger partial charge in [-0.05, 0) is 48.5 Å². The Morgan fingerprint density at radius 2 is 1.02 bits per heavy atom. The smallest absolute Gasteiger partial charge is 0.160 e. The Kier molecular flexibility index (Phi) is 7.00. The zero-order valence-electron chi connectivity index (χ0n) is 29.0. The highest BCUT2D eigenvalue weighted by molar-refractivity contribution is 7.26. The van der Waals surface area contributed by atoms with Crippen LogP contribution in [0.2, 0.25) is 0 Å². The van der Waals surface area contributed by atoms with E-state index in [1.54, 1.807) is 0 Å². The van der Waals surface area contributed by atoms with Crippen molar-refractivity contribution in [2.24, 2.45) is 0 Å². The van der Waals surface area contributed by atoms with Crippen LogP contribution < -0.4 is 0 Å². The fourth-order valence-corrected chi connectivity index (χ4v) is 9.11. The van der Waals surface area contributed by atoms with Gasteiger partial charge >= 0.3 is 0 Å². The van der Waals surface area contributed by atoms with Crippen LogP contribution in [0, 0.1) is 0 Å². The molecule has 0 N–H and O–H groups in total. The molecule has 0 radical (unpaired) electrons. The molecule has 0 unspecified atom stereocenters. The third-order valence-electron chi connectivity index (χ3n) is 10.4. The Bertz CT molecular complexity index is 3160. The summed E-state index contributed by atoms with van der Waals surface area (Å²) in [5, 5.41) is 6.00. The number of nitrogens with zero attached hydrogens (tertiary/aromatic N) is 4. The average molecular weight is 707 g/mol. The van der Waals surface area contributed by atoms with Gasteiger partial charge in [-0.25, -0.2) is 15.0 Å². The molecule has 0 atom stereocenters. The molecule has 5 heteroatoms. The van der Waals surface area contributed by atoms with Crippen molar-refractivity contribution in [3.8, 4) is 50.8 Å². The fraction of sp³-hybridized carbons (Fsp3) is 0. The minimum Gasteiger partial charge on any atom is -0.309 e. The first-order valence-electron chi connectivity index (χ1n) is 18.1. The van der Waals surface area contributed by atoms with Crippen molar-refractivity contribution in [3.63, 3.8) is 0 Å². The number of aromatic nitrogens is 4. The van der Waals surface area contributed by atoms with Gasteiger partial charge in [-0.15, -0.1) is 11.3 Å². The lowest BCUT2D eigenvalue weighted by molar-refractivity contribution is 1.16. The molecular weight excluding hydrogens is 677 g/mol. The van der Waals surface area contributed by atoms with Gasteiger partial charge in [0.05, 0.1) is 33.6 Å². The predicted octanol–water partition coefficient (Wildman–Crippen LogP) is 13.2. The Morgan fingerprint density at radius 1 is 0.407 bits per heavy atom. The molecule has 4 aromatic heterocycles. The monoisotopic (exact) mass is 706 g/mol. The summed E-state index contributed by atoms with van der Waals surface area (Å²) in [4.78, 5) is 15.8. The summed E-state index contributed by atoms with van der Waals surface area (Å²) in [6.07, 6.45) is 0. The lowest BCUT2D eigenvalue weighted by Gasteiger charge is -2.12. The van der Waals surface area contributed by atoms with Gasteiger partial charge in [0.15, 0.2) is 5.82 Å². The molecule has 0 aliphatic carbocycles. The fourth-order valence-electron chi connectivity index (χ4n) is 7.89. The summed E-state index contributed by atoms with van der Waals surface area (Å²) in [6, 6.07) is 64.1. The van der Waals surface area contributed by atoms with Gasteiger partial charge in [0, 0.05) is 64.3 Å². The molecule has 11 rings (SSSR count). The van der Waals surface area contributed by atoms with Crippen LogP contribution in [0.3, 0.4) is 0 Å². The third kappa shape index (κ3) is 4.94. The first kappa shape index (κ1) is 30.7. The maximum atomic E-state index is 5.32. The summed E-state index contributed by atoms with van der Waals surface area (Å²) in [6.45, 7) is 0. The Balaban J connectivity index is 1.12. The van der Waals surface area contributed by atoms with Gasteiger partial charge in [-0.2, -0.15) is 0 Å². The molecule has 54 heavy (non-hydrogen) atoms. The number of hydrogen-bond acceptors (Lipinski definition) is 4. The van der Waals surface area contributed by atoms with E-state index >= 15 is 0 Å². The molecule has 7 aromatic carbocycles. The van der Waals surface area contributed by atoms with E-state index in [9.17, 15) is 0 Å². The highest BCUT2D eigenvalue weighted by atomic mass is 32.1. The lowest BCUT2D eigenvalue weighted by Crippen LogP contribution is -1.98. The molecular formula is C49H30N4S. The molecule has 0 saturated carbocycles. The van der Waals surface area contributed by atoms with Crippen LogP contribution in [-0.2, 0) is 0 Å². The van der Waals surface area contributed by atoms with E-state index in [4.69, 9.17) is 15.0 Å². The topological polar surface area (TPSA) is 43.6 Å². The molecule has 0 amide bonds. The zero-order valence-corrected chi connectivity index (χ0v) is 29.8. The molecule has 252 valence electrons. The first-order valence-corrected chi connectivity index (χ1v) is 18.9. The highest BCUT2D eigenvalue weighted by Crippen LogP contribution is 2.44. The molecule has 0 aliphatic rings. The van der Waals surface area contributed by atoms with Crippen LogP contribution >= 0.6 is 11.3 Å². The van der Waals surface area contributed by atoms with E-state index in [1.807, 2.05) is 17.4 Å². The van der Waals surface area contributed by atoms with Gasteiger partial charge in [-0.1, -0.05) is 133 Å². The summed E-state index contributed by atoms with van der Waals surface area (Å²) < 4.78 is 4.82. The van der Waals surface area contributed by atoms with E-state index in [-0.39, 0.29) is 0 Å². The van der Waals surface area contributed by atoms with Crippen molar-refractivity contribution in [1.82, 2.24) is 19.5 Å². The van der Waals surface area contributed by atoms with Gasteiger partial charge in [-0.3, -0.25) is 0 Å². The molecule has 0 saturated heterocycles. The molecule has 4 nitrogen and oxygen atoms in total. The second-order valence-corrected chi connectivity index (χ2v) is 14.7. The standard InChI is InChI=1S/C49H30N4S/c1-3-14-31(15-4-1)41-30-42(52-49(51-41)34-18-13-19-35(28-34)53-43-24-11-8-20-36(43)37-21-9-12-25-44(37)53)33-26-27-45-39(29-33)46-47(32-16-5-2-6-17-32)50-40-23-10-7-22-38(40)48(46)54-45/h1-30H. The van der Waals surface area contributed by atoms with E-state index in [0.717, 1.165) is 50.5 Å². The predicted molar refractivity (Wildman–Crippen MR) is 226 cm³/mol. The maximum absolute atomic E-state index is 5.32. The van der Waals surface area contributed by atoms with Crippen molar-refractivity contribution in [3.05, 3.63) is 182 Å². The number of para-hydroxylation sites is 3. The third-order valence-corrected chi connectivity index (χ3v) is 11.6. The van der Waals surface area contributed by atoms with Crippen molar-refractivity contribution in [1.29, 1.82) is 0 Å². The van der Waals surface area contributed by atoms with Gasteiger partial charge in [0.2, 0.25) is 0 Å². The average Bonchev–Trinajstić information content (AvgIpc) is 3.80. The molecule has 0 bridgehead atoms. The number of thiophene rings is 1. The van der Waals surface area contributed by atoms with Gasteiger partial charge in [0.25, 0.3) is 0 Å². The largest absolute Gasteiger partial charge is 0.309 e. The van der Waals surface area contributed by atoms with Crippen LogP contribution in [0.5, 0.6) is 0 Å². The van der Waals surface area contributed by atoms with Crippen molar-refractivity contribution >= 4 is 64.2 Å². The Morgan fingerprint density at radius 3 is 1.76 bits per heavy atom. The summed E-state index contributed by atoms with van der Waals surface area (Å²) >= 11 is 1.83. The first-order chi connectivity index (χ1) is 26.8. The van der Waals surface area contributed by atoms with Crippen molar-refractivity contribution in [2.45, 2.75) is 0 Å². The number of hydrogen-bond donors (Lipinski definition) is 0. The van der Waals surface area contributed by atoms with Crippen LogP contribution in [0.25, 0.3) is 104 Å². The summed E-state index contributed by atoms with van der Waals surface area (Å²) in [7, 11) is 0. The van der Waals surface area contributed by atoms with Crippen LogP contribution in [-0.4, -0.2) is 19.5 Å². The van der Waals surface area contributed by atoms with Gasteiger partial charge in [0.1, 0.15) is 0 Å². The van der Waals surface area contributed by atoms with Crippen LogP contribution in [0.15, 0.2) is 182 Å². The van der Waals surface area contributed by atoms with E-state index in [0.29, 0.717) is 5.82 Å². The highest BCUT2D eigenvalue weighted by Gasteiger charge is 2.19. The summed E-state index contributed by atoms with van der Waals surface area (Å²) in [5.74, 6) is 0.682. The second-order valence-electron chi connectivity index (χ2n) is 13.6. The number of rotatable bonds is 5. The molecule has 0 spiro atoms. The number of benzene rings is 7. The van der Waals surface area contributed by atoms with Crippen molar-refractivity contribution < 1.29 is 0 Å². The number of fused-ring (bicyclic) bond motifs is 8. The molecule has 0 fully saturated rings. The second kappa shape index (κ2) is 12.3. The van der Waals surface area contributed by atoms with Crippen molar-refractivity contribution in [2.75, 3.05) is 0 Å². The molecule has 4 heterocycles. The maximum Gasteiger partial charge on any atom is 0.160 e. The zero-order chi connectivity index (χ0) is 35.6. The van der Waals surface area contributed by atoms with E-state index in [2.05, 4.69) is 180 Å². The quantitative estimate of drug-likeness (QED) is 0.179. The molecule has 0 aliphatic heterocycles. The Hall–Kier alpha value is -6.95.